The molecule has 1 aromatic rings. The molecule has 0 unspecified atom stereocenters. The highest BCUT2D eigenvalue weighted by atomic mass is 35.5. The third-order valence-corrected chi connectivity index (χ3v) is 3.76. The number of nitrogens with zero attached hydrogens (tertiary/aromatic N) is 1. The molecule has 94 valence electrons. The van der Waals surface area contributed by atoms with Gasteiger partial charge in [0.1, 0.15) is 0 Å². The Balaban J connectivity index is 2.80. The standard InChI is InChI=1S/C9H11ClN2O4S/c10-5-6-17(15,16)11-7-8-3-1-2-4-9(8)12(13)14/h1-4,11H,5-7H2. The summed E-state index contributed by atoms with van der Waals surface area (Å²) >= 11 is 5.32. The summed E-state index contributed by atoms with van der Waals surface area (Å²) in [4.78, 5) is 10.1. The van der Waals surface area contributed by atoms with Crippen LogP contribution in [0.3, 0.4) is 0 Å². The molecular formula is C9H11ClN2O4S. The number of halogens is 1. The molecule has 8 heteroatoms. The molecular weight excluding hydrogens is 268 g/mol. The quantitative estimate of drug-likeness (QED) is 0.482. The lowest BCUT2D eigenvalue weighted by molar-refractivity contribution is -0.385. The Hall–Kier alpha value is -1.18. The zero-order valence-electron chi connectivity index (χ0n) is 8.80. The molecule has 0 radical (unpaired) electrons. The first kappa shape index (κ1) is 13.9. The maximum atomic E-state index is 11.3. The third-order valence-electron chi connectivity index (χ3n) is 2.02. The van der Waals surface area contributed by atoms with Crippen LogP contribution in [0.5, 0.6) is 0 Å². The molecule has 0 amide bonds. The van der Waals surface area contributed by atoms with Gasteiger partial charge >= 0.3 is 0 Å². The van der Waals surface area contributed by atoms with Crippen molar-refractivity contribution in [1.29, 1.82) is 0 Å². The molecule has 0 saturated carbocycles. The number of sulfonamides is 1. The van der Waals surface area contributed by atoms with E-state index in [0.717, 1.165) is 0 Å². The van der Waals surface area contributed by atoms with E-state index in [2.05, 4.69) is 4.72 Å². The van der Waals surface area contributed by atoms with Gasteiger partial charge in [-0.1, -0.05) is 18.2 Å². The maximum absolute atomic E-state index is 11.3. The molecule has 0 aliphatic rings. The first-order chi connectivity index (χ1) is 7.96. The summed E-state index contributed by atoms with van der Waals surface area (Å²) in [7, 11) is -3.48. The molecule has 0 saturated heterocycles. The summed E-state index contributed by atoms with van der Waals surface area (Å²) in [5.74, 6) is -0.235. The number of hydrogen-bond acceptors (Lipinski definition) is 4. The average molecular weight is 279 g/mol. The Morgan fingerprint density at radius 1 is 1.35 bits per heavy atom. The lowest BCUT2D eigenvalue weighted by atomic mass is 10.2. The number of alkyl halides is 1. The predicted octanol–water partition coefficient (Wildman–Crippen LogP) is 1.25. The number of nitrogens with one attached hydrogen (secondary N) is 1. The van der Waals surface area contributed by atoms with Crippen molar-refractivity contribution in [3.8, 4) is 0 Å². The minimum absolute atomic E-state index is 0.0216. The summed E-state index contributed by atoms with van der Waals surface area (Å²) in [6.45, 7) is -0.115. The molecule has 0 fully saturated rings. The highest BCUT2D eigenvalue weighted by Gasteiger charge is 2.15. The van der Waals surface area contributed by atoms with Crippen LogP contribution in [0.25, 0.3) is 0 Å². The fourth-order valence-electron chi connectivity index (χ4n) is 1.20. The number of para-hydroxylation sites is 1. The predicted molar refractivity (Wildman–Crippen MR) is 64.4 cm³/mol. The Bertz CT molecular complexity index is 503. The van der Waals surface area contributed by atoms with Crippen LogP contribution in [0.1, 0.15) is 5.56 Å². The molecule has 0 atom stereocenters. The van der Waals surface area contributed by atoms with Crippen LogP contribution in [0, 0.1) is 10.1 Å². The van der Waals surface area contributed by atoms with Crippen LogP contribution < -0.4 is 4.72 Å². The maximum Gasteiger partial charge on any atom is 0.273 e. The van der Waals surface area contributed by atoms with Crippen LogP contribution in [-0.2, 0) is 16.6 Å². The summed E-state index contributed by atoms with van der Waals surface area (Å²) in [6, 6.07) is 5.96. The number of rotatable bonds is 6. The monoisotopic (exact) mass is 278 g/mol. The van der Waals surface area contributed by atoms with E-state index in [1.54, 1.807) is 6.07 Å². The second-order valence-electron chi connectivity index (χ2n) is 3.21. The van der Waals surface area contributed by atoms with E-state index in [1.807, 2.05) is 0 Å². The average Bonchev–Trinajstić information content (AvgIpc) is 2.27. The van der Waals surface area contributed by atoms with Gasteiger partial charge in [-0.25, -0.2) is 13.1 Å². The van der Waals surface area contributed by atoms with Gasteiger partial charge in [0, 0.05) is 24.1 Å². The Kier molecular flexibility index (Phi) is 4.86. The Labute approximate surface area is 104 Å². The molecule has 0 aliphatic carbocycles. The first-order valence-corrected chi connectivity index (χ1v) is 6.90. The van der Waals surface area contributed by atoms with Crippen molar-refractivity contribution < 1.29 is 13.3 Å². The van der Waals surface area contributed by atoms with Gasteiger partial charge in [-0.15, -0.1) is 11.6 Å². The molecule has 0 aliphatic heterocycles. The summed E-state index contributed by atoms with van der Waals surface area (Å²) < 4.78 is 24.9. The highest BCUT2D eigenvalue weighted by molar-refractivity contribution is 7.89. The lowest BCUT2D eigenvalue weighted by Crippen LogP contribution is -2.26. The first-order valence-electron chi connectivity index (χ1n) is 4.72. The topological polar surface area (TPSA) is 89.3 Å². The number of nitro benzene ring substituents is 1. The minimum atomic E-state index is -3.48. The van der Waals surface area contributed by atoms with Crippen LogP contribution >= 0.6 is 11.6 Å². The molecule has 0 spiro atoms. The summed E-state index contributed by atoms with van der Waals surface area (Å²) in [5.41, 5.74) is 0.205. The van der Waals surface area contributed by atoms with Crippen LogP contribution in [0.2, 0.25) is 0 Å². The number of nitro groups is 1. The molecule has 1 aromatic carbocycles. The van der Waals surface area contributed by atoms with Gasteiger partial charge in [-0.05, 0) is 0 Å². The van der Waals surface area contributed by atoms with Crippen LogP contribution in [0.15, 0.2) is 24.3 Å². The van der Waals surface area contributed by atoms with E-state index in [1.165, 1.54) is 18.2 Å². The Morgan fingerprint density at radius 2 is 2.00 bits per heavy atom. The van der Waals surface area contributed by atoms with Crippen molar-refractivity contribution in [2.24, 2.45) is 0 Å². The van der Waals surface area contributed by atoms with Gasteiger partial charge in [0.2, 0.25) is 10.0 Å². The van der Waals surface area contributed by atoms with E-state index >= 15 is 0 Å². The van der Waals surface area contributed by atoms with E-state index in [4.69, 9.17) is 11.6 Å². The smallest absolute Gasteiger partial charge is 0.258 e. The lowest BCUT2D eigenvalue weighted by Gasteiger charge is -2.05. The molecule has 1 rings (SSSR count). The van der Waals surface area contributed by atoms with Crippen LogP contribution in [-0.4, -0.2) is 25.0 Å². The van der Waals surface area contributed by atoms with Gasteiger partial charge in [0.25, 0.3) is 5.69 Å². The zero-order valence-corrected chi connectivity index (χ0v) is 10.4. The van der Waals surface area contributed by atoms with E-state index in [9.17, 15) is 18.5 Å². The largest absolute Gasteiger partial charge is 0.273 e. The molecule has 0 heterocycles. The SMILES string of the molecule is O=[N+]([O-])c1ccccc1CNS(=O)(=O)CCCl. The molecule has 1 N–H and O–H groups in total. The zero-order chi connectivity index (χ0) is 12.9. The van der Waals surface area contributed by atoms with Crippen molar-refractivity contribution in [2.45, 2.75) is 6.54 Å². The Morgan fingerprint density at radius 3 is 2.59 bits per heavy atom. The van der Waals surface area contributed by atoms with Gasteiger partial charge in [-0.2, -0.15) is 0 Å². The molecule has 0 aromatic heterocycles. The fourth-order valence-corrected chi connectivity index (χ4v) is 2.53. The summed E-state index contributed by atoms with van der Waals surface area (Å²) in [6.07, 6.45) is 0. The van der Waals surface area contributed by atoms with Crippen molar-refractivity contribution in [3.63, 3.8) is 0 Å². The normalized spacial score (nSPS) is 11.4. The van der Waals surface area contributed by atoms with Gasteiger partial charge in [0.05, 0.1) is 10.7 Å². The second-order valence-corrected chi connectivity index (χ2v) is 5.52. The van der Waals surface area contributed by atoms with Gasteiger partial charge in [-0.3, -0.25) is 10.1 Å². The van der Waals surface area contributed by atoms with Crippen molar-refractivity contribution in [1.82, 2.24) is 4.72 Å². The number of benzene rings is 1. The van der Waals surface area contributed by atoms with Crippen LogP contribution in [0.4, 0.5) is 5.69 Å². The summed E-state index contributed by atoms with van der Waals surface area (Å²) in [5, 5.41) is 10.7. The minimum Gasteiger partial charge on any atom is -0.258 e. The van der Waals surface area contributed by atoms with Gasteiger partial charge < -0.3 is 0 Å². The van der Waals surface area contributed by atoms with E-state index < -0.39 is 14.9 Å². The van der Waals surface area contributed by atoms with E-state index in [-0.39, 0.29) is 23.9 Å². The van der Waals surface area contributed by atoms with Gasteiger partial charge in [0.15, 0.2) is 0 Å². The highest BCUT2D eigenvalue weighted by Crippen LogP contribution is 2.17. The van der Waals surface area contributed by atoms with Crippen molar-refractivity contribution in [3.05, 3.63) is 39.9 Å². The molecule has 17 heavy (non-hydrogen) atoms. The van der Waals surface area contributed by atoms with Crippen molar-refractivity contribution >= 4 is 27.3 Å². The van der Waals surface area contributed by atoms with E-state index in [0.29, 0.717) is 5.56 Å². The number of hydrogen-bond donors (Lipinski definition) is 1. The van der Waals surface area contributed by atoms with Crippen molar-refractivity contribution in [2.75, 3.05) is 11.6 Å². The second kappa shape index (κ2) is 5.95. The molecule has 0 bridgehead atoms. The fraction of sp³-hybridized carbons (Fsp3) is 0.333. The molecule has 6 nitrogen and oxygen atoms in total. The third kappa shape index (κ3) is 4.29.